The van der Waals surface area contributed by atoms with Gasteiger partial charge in [-0.2, -0.15) is 0 Å². The monoisotopic (exact) mass is 275 g/mol. The fourth-order valence-corrected chi connectivity index (χ4v) is 2.36. The molecule has 1 aliphatic carbocycles. The molecule has 1 saturated carbocycles. The second kappa shape index (κ2) is 7.08. The Balaban J connectivity index is 1.64. The van der Waals surface area contributed by atoms with Gasteiger partial charge in [0.1, 0.15) is 0 Å². The van der Waals surface area contributed by atoms with E-state index >= 15 is 0 Å². The number of nitrogens with one attached hydrogen (secondary N) is 1. The molecule has 0 aliphatic heterocycles. The SMILES string of the molecule is CCOC(=O)CCCNC(=O)C1CC1c1ccccc1. The largest absolute Gasteiger partial charge is 0.466 e. The third kappa shape index (κ3) is 4.08. The third-order valence-electron chi connectivity index (χ3n) is 3.52. The second-order valence-electron chi connectivity index (χ2n) is 5.06. The van der Waals surface area contributed by atoms with Crippen molar-refractivity contribution in [2.75, 3.05) is 13.2 Å². The number of hydrogen-bond donors (Lipinski definition) is 1. The van der Waals surface area contributed by atoms with Crippen LogP contribution in [0.3, 0.4) is 0 Å². The highest BCUT2D eigenvalue weighted by atomic mass is 16.5. The van der Waals surface area contributed by atoms with E-state index in [9.17, 15) is 9.59 Å². The summed E-state index contributed by atoms with van der Waals surface area (Å²) in [6.07, 6.45) is 1.92. The molecule has 108 valence electrons. The Morgan fingerprint density at radius 2 is 2.05 bits per heavy atom. The minimum Gasteiger partial charge on any atom is -0.466 e. The molecular formula is C16H21NO3. The summed E-state index contributed by atoms with van der Waals surface area (Å²) in [7, 11) is 0. The molecule has 1 aromatic carbocycles. The van der Waals surface area contributed by atoms with Crippen molar-refractivity contribution in [2.45, 2.75) is 32.1 Å². The fraction of sp³-hybridized carbons (Fsp3) is 0.500. The van der Waals surface area contributed by atoms with E-state index in [2.05, 4.69) is 17.4 Å². The summed E-state index contributed by atoms with van der Waals surface area (Å²) in [6, 6.07) is 10.1. The first-order valence-electron chi connectivity index (χ1n) is 7.20. The number of carbonyl (C=O) groups excluding carboxylic acids is 2. The van der Waals surface area contributed by atoms with Crippen molar-refractivity contribution in [2.24, 2.45) is 5.92 Å². The van der Waals surface area contributed by atoms with Gasteiger partial charge in [0.2, 0.25) is 5.91 Å². The predicted octanol–water partition coefficient (Wildman–Crippen LogP) is 2.25. The van der Waals surface area contributed by atoms with Crippen molar-refractivity contribution < 1.29 is 14.3 Å². The fourth-order valence-electron chi connectivity index (χ4n) is 2.36. The number of hydrogen-bond acceptors (Lipinski definition) is 3. The smallest absolute Gasteiger partial charge is 0.305 e. The maximum Gasteiger partial charge on any atom is 0.305 e. The zero-order chi connectivity index (χ0) is 14.4. The van der Waals surface area contributed by atoms with Crippen molar-refractivity contribution in [1.82, 2.24) is 5.32 Å². The number of benzene rings is 1. The van der Waals surface area contributed by atoms with E-state index in [0.717, 1.165) is 6.42 Å². The molecule has 4 nitrogen and oxygen atoms in total. The average molecular weight is 275 g/mol. The van der Waals surface area contributed by atoms with Crippen LogP contribution in [0.15, 0.2) is 30.3 Å². The van der Waals surface area contributed by atoms with Crippen molar-refractivity contribution in [3.05, 3.63) is 35.9 Å². The molecule has 4 heteroatoms. The number of esters is 1. The molecule has 0 aromatic heterocycles. The van der Waals surface area contributed by atoms with Crippen LogP contribution in [0.1, 0.15) is 37.7 Å². The average Bonchev–Trinajstić information content (AvgIpc) is 3.25. The van der Waals surface area contributed by atoms with Gasteiger partial charge in [-0.05, 0) is 31.2 Å². The molecule has 0 saturated heterocycles. The molecule has 2 rings (SSSR count). The van der Waals surface area contributed by atoms with Gasteiger partial charge in [0.15, 0.2) is 0 Å². The van der Waals surface area contributed by atoms with Gasteiger partial charge < -0.3 is 10.1 Å². The van der Waals surface area contributed by atoms with Crippen molar-refractivity contribution in [3.63, 3.8) is 0 Å². The topological polar surface area (TPSA) is 55.4 Å². The van der Waals surface area contributed by atoms with Crippen molar-refractivity contribution >= 4 is 11.9 Å². The van der Waals surface area contributed by atoms with Crippen LogP contribution >= 0.6 is 0 Å². The highest BCUT2D eigenvalue weighted by Gasteiger charge is 2.43. The third-order valence-corrected chi connectivity index (χ3v) is 3.52. The molecule has 0 spiro atoms. The quantitative estimate of drug-likeness (QED) is 0.613. The molecule has 1 fully saturated rings. The summed E-state index contributed by atoms with van der Waals surface area (Å²) in [5, 5.41) is 2.90. The first-order chi connectivity index (χ1) is 9.72. The summed E-state index contributed by atoms with van der Waals surface area (Å²) in [5.41, 5.74) is 1.24. The Bertz CT molecular complexity index is 458. The van der Waals surface area contributed by atoms with Crippen LogP contribution in [0.25, 0.3) is 0 Å². The molecule has 0 radical (unpaired) electrons. The first kappa shape index (κ1) is 14.6. The molecule has 2 unspecified atom stereocenters. The minimum atomic E-state index is -0.199. The van der Waals surface area contributed by atoms with Gasteiger partial charge in [-0.15, -0.1) is 0 Å². The van der Waals surface area contributed by atoms with E-state index in [0.29, 0.717) is 31.9 Å². The minimum absolute atomic E-state index is 0.0972. The van der Waals surface area contributed by atoms with Crippen molar-refractivity contribution in [3.8, 4) is 0 Å². The lowest BCUT2D eigenvalue weighted by atomic mass is 10.1. The van der Waals surface area contributed by atoms with E-state index < -0.39 is 0 Å². The summed E-state index contributed by atoms with van der Waals surface area (Å²) < 4.78 is 4.83. The first-order valence-corrected chi connectivity index (χ1v) is 7.20. The molecule has 1 aliphatic rings. The summed E-state index contributed by atoms with van der Waals surface area (Å²) in [4.78, 5) is 23.1. The van der Waals surface area contributed by atoms with Crippen LogP contribution in [0, 0.1) is 5.92 Å². The highest BCUT2D eigenvalue weighted by Crippen LogP contribution is 2.47. The number of ether oxygens (including phenoxy) is 1. The molecule has 0 heterocycles. The van der Waals surface area contributed by atoms with Gasteiger partial charge >= 0.3 is 5.97 Å². The van der Waals surface area contributed by atoms with Crippen LogP contribution in [0.2, 0.25) is 0 Å². The second-order valence-corrected chi connectivity index (χ2v) is 5.06. The van der Waals surface area contributed by atoms with Gasteiger partial charge in [-0.1, -0.05) is 30.3 Å². The molecule has 20 heavy (non-hydrogen) atoms. The summed E-state index contributed by atoms with van der Waals surface area (Å²) in [6.45, 7) is 2.73. The number of carbonyl (C=O) groups is 2. The summed E-state index contributed by atoms with van der Waals surface area (Å²) >= 11 is 0. The number of rotatable bonds is 7. The Morgan fingerprint density at radius 3 is 2.75 bits per heavy atom. The van der Waals surface area contributed by atoms with Crippen LogP contribution in [0.5, 0.6) is 0 Å². The molecule has 1 amide bonds. The highest BCUT2D eigenvalue weighted by molar-refractivity contribution is 5.82. The number of amides is 1. The van der Waals surface area contributed by atoms with E-state index in [1.807, 2.05) is 18.2 Å². The van der Waals surface area contributed by atoms with Gasteiger partial charge in [-0.25, -0.2) is 0 Å². The van der Waals surface area contributed by atoms with Gasteiger partial charge in [0, 0.05) is 18.9 Å². The Labute approximate surface area is 119 Å². The molecule has 2 atom stereocenters. The van der Waals surface area contributed by atoms with E-state index in [1.165, 1.54) is 5.56 Å². The van der Waals surface area contributed by atoms with Crippen LogP contribution in [-0.4, -0.2) is 25.0 Å². The lowest BCUT2D eigenvalue weighted by molar-refractivity contribution is -0.143. The van der Waals surface area contributed by atoms with Crippen LogP contribution in [-0.2, 0) is 14.3 Å². The Kier molecular flexibility index (Phi) is 5.16. The molecule has 0 bridgehead atoms. The maximum absolute atomic E-state index is 11.9. The van der Waals surface area contributed by atoms with Crippen LogP contribution < -0.4 is 5.32 Å². The van der Waals surface area contributed by atoms with Gasteiger partial charge in [0.25, 0.3) is 0 Å². The van der Waals surface area contributed by atoms with E-state index in [4.69, 9.17) is 4.74 Å². The molecule has 1 N–H and O–H groups in total. The normalized spacial score (nSPS) is 20.2. The van der Waals surface area contributed by atoms with Crippen molar-refractivity contribution in [1.29, 1.82) is 0 Å². The van der Waals surface area contributed by atoms with E-state index in [-0.39, 0.29) is 17.8 Å². The maximum atomic E-state index is 11.9. The standard InChI is InChI=1S/C16H21NO3/c1-2-20-15(18)9-6-10-17-16(19)14-11-13(14)12-7-4-3-5-8-12/h3-5,7-8,13-14H,2,6,9-11H2,1H3,(H,17,19). The zero-order valence-electron chi connectivity index (χ0n) is 11.8. The predicted molar refractivity (Wildman–Crippen MR) is 76.2 cm³/mol. The van der Waals surface area contributed by atoms with Gasteiger partial charge in [0.05, 0.1) is 6.61 Å². The van der Waals surface area contributed by atoms with E-state index in [1.54, 1.807) is 6.92 Å². The lowest BCUT2D eigenvalue weighted by Gasteiger charge is -2.05. The zero-order valence-corrected chi connectivity index (χ0v) is 11.8. The Morgan fingerprint density at radius 1 is 1.30 bits per heavy atom. The Hall–Kier alpha value is -1.84. The van der Waals surface area contributed by atoms with Gasteiger partial charge in [-0.3, -0.25) is 9.59 Å². The molecular weight excluding hydrogens is 254 g/mol. The van der Waals surface area contributed by atoms with Crippen LogP contribution in [0.4, 0.5) is 0 Å². The molecule has 1 aromatic rings. The lowest BCUT2D eigenvalue weighted by Crippen LogP contribution is -2.26. The summed E-state index contributed by atoms with van der Waals surface area (Å²) in [5.74, 6) is 0.360.